The van der Waals surface area contributed by atoms with E-state index in [9.17, 15) is 20.4 Å². The Bertz CT molecular complexity index is 1010. The molecule has 1 aliphatic heterocycles. The Morgan fingerprint density at radius 1 is 0.933 bits per heavy atom. The Labute approximate surface area is 178 Å². The fourth-order valence-electron chi connectivity index (χ4n) is 4.36. The average molecular weight is 413 g/mol. The van der Waals surface area contributed by atoms with Crippen molar-refractivity contribution in [2.45, 2.75) is 71.8 Å². The number of hydrogen-bond donors (Lipinski definition) is 4. The predicted octanol–water partition coefficient (Wildman–Crippen LogP) is 5.56. The summed E-state index contributed by atoms with van der Waals surface area (Å²) < 4.78 is 5.97. The summed E-state index contributed by atoms with van der Waals surface area (Å²) in [5, 5.41) is 40.9. The topological polar surface area (TPSA) is 90.2 Å². The van der Waals surface area contributed by atoms with E-state index in [0.717, 1.165) is 23.3 Å². The van der Waals surface area contributed by atoms with Crippen LogP contribution in [0.1, 0.15) is 82.2 Å². The summed E-state index contributed by atoms with van der Waals surface area (Å²) in [7, 11) is 0. The van der Waals surface area contributed by atoms with Gasteiger partial charge in [0, 0.05) is 28.7 Å². The zero-order valence-corrected chi connectivity index (χ0v) is 18.6. The highest BCUT2D eigenvalue weighted by Crippen LogP contribution is 2.49. The smallest absolute Gasteiger partial charge is 0.134 e. The lowest BCUT2D eigenvalue weighted by atomic mass is 9.71. The van der Waals surface area contributed by atoms with Crippen molar-refractivity contribution in [3.63, 3.8) is 0 Å². The minimum absolute atomic E-state index is 0.0302. The van der Waals surface area contributed by atoms with Gasteiger partial charge in [-0.05, 0) is 68.4 Å². The van der Waals surface area contributed by atoms with Gasteiger partial charge in [-0.2, -0.15) is 0 Å². The fraction of sp³-hybridized carbons (Fsp3) is 0.440. The highest BCUT2D eigenvalue weighted by molar-refractivity contribution is 5.56. The lowest BCUT2D eigenvalue weighted by Gasteiger charge is -2.37. The van der Waals surface area contributed by atoms with Gasteiger partial charge in [-0.3, -0.25) is 0 Å². The number of phenolic OH excluding ortho intramolecular Hbond substituents is 3. The summed E-state index contributed by atoms with van der Waals surface area (Å²) in [6.45, 7) is 11.9. The van der Waals surface area contributed by atoms with Crippen LogP contribution in [0.3, 0.4) is 0 Å². The molecule has 0 fully saturated rings. The second-order valence-corrected chi connectivity index (χ2v) is 8.70. The van der Waals surface area contributed by atoms with Gasteiger partial charge in [-0.25, -0.2) is 0 Å². The first kappa shape index (κ1) is 22.0. The van der Waals surface area contributed by atoms with Crippen molar-refractivity contribution in [1.29, 1.82) is 0 Å². The van der Waals surface area contributed by atoms with E-state index in [-0.39, 0.29) is 28.6 Å². The van der Waals surface area contributed by atoms with E-state index >= 15 is 0 Å². The lowest BCUT2D eigenvalue weighted by molar-refractivity contribution is 0.194. The summed E-state index contributed by atoms with van der Waals surface area (Å²) in [5.74, 6) is 1.43. The molecule has 1 aliphatic rings. The van der Waals surface area contributed by atoms with Crippen LogP contribution in [0.5, 0.6) is 23.0 Å². The van der Waals surface area contributed by atoms with Crippen molar-refractivity contribution in [3.05, 3.63) is 57.9 Å². The molecule has 4 N–H and O–H groups in total. The Morgan fingerprint density at radius 2 is 1.57 bits per heavy atom. The number of hydrogen-bond acceptors (Lipinski definition) is 5. The monoisotopic (exact) mass is 412 g/mol. The zero-order valence-electron chi connectivity index (χ0n) is 18.6. The summed E-state index contributed by atoms with van der Waals surface area (Å²) in [4.78, 5) is 0. The molecule has 3 rings (SSSR count). The summed E-state index contributed by atoms with van der Waals surface area (Å²) in [6.07, 6.45) is 0.495. The van der Waals surface area contributed by atoms with E-state index in [1.807, 2.05) is 19.9 Å². The molecule has 5 heteroatoms. The van der Waals surface area contributed by atoms with E-state index in [1.165, 1.54) is 11.6 Å². The predicted molar refractivity (Wildman–Crippen MR) is 117 cm³/mol. The van der Waals surface area contributed by atoms with Crippen LogP contribution in [0.4, 0.5) is 0 Å². The first-order chi connectivity index (χ1) is 14.0. The Balaban J connectivity index is 2.02. The normalized spacial score (nSPS) is 20.5. The Morgan fingerprint density at radius 3 is 2.17 bits per heavy atom. The van der Waals surface area contributed by atoms with Gasteiger partial charge in [0.2, 0.25) is 0 Å². The first-order valence-corrected chi connectivity index (χ1v) is 10.5. The van der Waals surface area contributed by atoms with Gasteiger partial charge in [0.05, 0.1) is 6.10 Å². The first-order valence-electron chi connectivity index (χ1n) is 10.5. The number of rotatable bonds is 5. The number of aliphatic hydroxyl groups is 1. The largest absolute Gasteiger partial charge is 0.508 e. The van der Waals surface area contributed by atoms with Gasteiger partial charge >= 0.3 is 0 Å². The van der Waals surface area contributed by atoms with E-state index in [4.69, 9.17) is 4.74 Å². The molecular formula is C25H32O5. The van der Waals surface area contributed by atoms with Crippen molar-refractivity contribution >= 4 is 0 Å². The zero-order chi connectivity index (χ0) is 22.4. The van der Waals surface area contributed by atoms with E-state index < -0.39 is 6.10 Å². The molecule has 0 aromatic heterocycles. The third kappa shape index (κ3) is 3.63. The summed E-state index contributed by atoms with van der Waals surface area (Å²) in [6, 6.07) is 6.58. The molecule has 0 aliphatic carbocycles. The molecule has 0 spiro atoms. The molecule has 0 saturated carbocycles. The van der Waals surface area contributed by atoms with Crippen LogP contribution in [-0.2, 0) is 11.8 Å². The highest BCUT2D eigenvalue weighted by Gasteiger charge is 2.36. The molecule has 2 aromatic rings. The van der Waals surface area contributed by atoms with E-state index in [0.29, 0.717) is 23.3 Å². The molecule has 0 radical (unpaired) electrons. The summed E-state index contributed by atoms with van der Waals surface area (Å²) in [5.41, 5.74) is 3.80. The van der Waals surface area contributed by atoms with Crippen molar-refractivity contribution in [2.24, 2.45) is 0 Å². The minimum atomic E-state index is -0.850. The second-order valence-electron chi connectivity index (χ2n) is 8.70. The van der Waals surface area contributed by atoms with Crippen LogP contribution in [0, 0.1) is 0 Å². The molecule has 1 heterocycles. The third-order valence-electron chi connectivity index (χ3n) is 6.78. The Kier molecular flexibility index (Phi) is 5.79. The molecule has 0 saturated heterocycles. The fourth-order valence-corrected chi connectivity index (χ4v) is 4.36. The maximum atomic E-state index is 10.7. The van der Waals surface area contributed by atoms with E-state index in [2.05, 4.69) is 20.8 Å². The number of allylic oxidation sites excluding steroid dienone is 2. The molecule has 0 bridgehead atoms. The molecule has 30 heavy (non-hydrogen) atoms. The van der Waals surface area contributed by atoms with Gasteiger partial charge in [0.1, 0.15) is 28.8 Å². The van der Waals surface area contributed by atoms with Gasteiger partial charge < -0.3 is 25.2 Å². The van der Waals surface area contributed by atoms with Crippen molar-refractivity contribution in [2.75, 3.05) is 0 Å². The van der Waals surface area contributed by atoms with Crippen LogP contribution >= 0.6 is 0 Å². The highest BCUT2D eigenvalue weighted by atomic mass is 16.5. The van der Waals surface area contributed by atoms with Crippen LogP contribution in [0.25, 0.3) is 0 Å². The standard InChI is InChI=1S/C25H32O5/c1-7-25(6)14(3)16(5)30-24-12-23(29)18(10-20(24)25)13(2)8-17-9-19(15(4)26)22(28)11-21(17)27/h9-13,15,26-29H,7-8H2,1-6H3. The number of benzene rings is 2. The number of fused-ring (bicyclic) bond motifs is 1. The SMILES string of the molecule is CCC1(C)C(C)=C(C)Oc2cc(O)c(C(C)Cc3cc(C(C)O)c(O)cc3O)cc21. The molecule has 2 aromatic carbocycles. The maximum Gasteiger partial charge on any atom is 0.134 e. The van der Waals surface area contributed by atoms with Crippen LogP contribution in [0.15, 0.2) is 35.6 Å². The van der Waals surface area contributed by atoms with Crippen LogP contribution in [-0.4, -0.2) is 20.4 Å². The van der Waals surface area contributed by atoms with Gasteiger partial charge in [0.25, 0.3) is 0 Å². The summed E-state index contributed by atoms with van der Waals surface area (Å²) >= 11 is 0. The van der Waals surface area contributed by atoms with Crippen molar-refractivity contribution in [1.82, 2.24) is 0 Å². The van der Waals surface area contributed by atoms with Crippen molar-refractivity contribution in [3.8, 4) is 23.0 Å². The molecular weight excluding hydrogens is 380 g/mol. The second kappa shape index (κ2) is 7.88. The number of ether oxygens (including phenoxy) is 1. The van der Waals surface area contributed by atoms with Gasteiger partial charge in [-0.1, -0.05) is 20.8 Å². The lowest BCUT2D eigenvalue weighted by Crippen LogP contribution is -2.29. The van der Waals surface area contributed by atoms with Crippen LogP contribution in [0.2, 0.25) is 0 Å². The van der Waals surface area contributed by atoms with Gasteiger partial charge in [-0.15, -0.1) is 0 Å². The molecule has 3 unspecified atom stereocenters. The van der Waals surface area contributed by atoms with Crippen LogP contribution < -0.4 is 4.74 Å². The number of aromatic hydroxyl groups is 3. The Hall–Kier alpha value is -2.66. The average Bonchev–Trinajstić information content (AvgIpc) is 2.67. The molecule has 5 nitrogen and oxygen atoms in total. The molecule has 162 valence electrons. The quantitative estimate of drug-likeness (QED) is 0.516. The minimum Gasteiger partial charge on any atom is -0.508 e. The van der Waals surface area contributed by atoms with E-state index in [1.54, 1.807) is 19.1 Å². The third-order valence-corrected chi connectivity index (χ3v) is 6.78. The van der Waals surface area contributed by atoms with Gasteiger partial charge in [0.15, 0.2) is 0 Å². The molecule has 0 amide bonds. The number of aliphatic hydroxyl groups excluding tert-OH is 1. The molecule has 3 atom stereocenters. The number of phenols is 3. The maximum absolute atomic E-state index is 10.7. The van der Waals surface area contributed by atoms with Crippen molar-refractivity contribution < 1.29 is 25.2 Å².